The van der Waals surface area contributed by atoms with Crippen molar-refractivity contribution in [2.45, 2.75) is 170 Å². The number of rotatable bonds is 36. The molecule has 0 saturated heterocycles. The molecule has 15 nitrogen and oxygen atoms in total. The number of hydrogen-bond donors (Lipinski definition) is 3. The molecule has 15 heteroatoms. The first-order valence-corrected chi connectivity index (χ1v) is 21.1. The number of unbranched alkanes of at least 4 members (excludes halogenated alkanes) is 12. The summed E-state index contributed by atoms with van der Waals surface area (Å²) in [6.07, 6.45) is 15.8. The number of aliphatic hydroxyl groups excluding tert-OH is 3. The molecule has 0 amide bonds. The molecule has 0 aliphatic heterocycles. The van der Waals surface area contributed by atoms with Gasteiger partial charge in [0.15, 0.2) is 0 Å². The van der Waals surface area contributed by atoms with Crippen molar-refractivity contribution in [3.05, 3.63) is 0 Å². The fraction of sp³-hybridized carbons (Fsp3) is 0.905. The van der Waals surface area contributed by atoms with E-state index in [4.69, 9.17) is 53.2 Å². The Balaban J connectivity index is -0.000000480. The maximum atomic E-state index is 11.4. The molecule has 1 atom stereocenters. The quantitative estimate of drug-likeness (QED) is 0.0309. The van der Waals surface area contributed by atoms with Gasteiger partial charge in [0.1, 0.15) is 0 Å². The van der Waals surface area contributed by atoms with Crippen LogP contribution in [0.4, 0.5) is 9.59 Å². The van der Waals surface area contributed by atoms with Crippen molar-refractivity contribution in [1.29, 1.82) is 0 Å². The highest BCUT2D eigenvalue weighted by atomic mass is 16.7. The van der Waals surface area contributed by atoms with E-state index in [1.165, 1.54) is 12.8 Å². The summed E-state index contributed by atoms with van der Waals surface area (Å²) in [6.45, 7) is 12.3. The van der Waals surface area contributed by atoms with Crippen molar-refractivity contribution in [2.75, 3.05) is 79.3 Å². The van der Waals surface area contributed by atoms with Crippen LogP contribution in [-0.4, -0.2) is 125 Å². The lowest BCUT2D eigenvalue weighted by molar-refractivity contribution is -0.145. The summed E-state index contributed by atoms with van der Waals surface area (Å²) in [6, 6.07) is 0. The zero-order chi connectivity index (χ0) is 42.2. The number of hydrogen-bond acceptors (Lipinski definition) is 15. The lowest BCUT2D eigenvalue weighted by atomic mass is 10.2. The lowest BCUT2D eigenvalue weighted by Crippen LogP contribution is -2.12. The summed E-state index contributed by atoms with van der Waals surface area (Å²) in [4.78, 5) is 44.7. The smallest absolute Gasteiger partial charge is 0.466 e. The van der Waals surface area contributed by atoms with Crippen molar-refractivity contribution in [1.82, 2.24) is 0 Å². The van der Waals surface area contributed by atoms with Gasteiger partial charge in [0, 0.05) is 32.7 Å². The minimum absolute atomic E-state index is 0. The molecule has 0 fully saturated rings. The molecule has 0 bridgehead atoms. The van der Waals surface area contributed by atoms with E-state index in [1.54, 1.807) is 13.8 Å². The zero-order valence-electron chi connectivity index (χ0n) is 35.4. The maximum absolute atomic E-state index is 11.4. The van der Waals surface area contributed by atoms with Gasteiger partial charge in [0.05, 0.1) is 65.6 Å². The number of carbonyl (C=O) groups is 4. The second kappa shape index (κ2) is 53.3. The van der Waals surface area contributed by atoms with E-state index < -0.39 is 18.4 Å². The minimum Gasteiger partial charge on any atom is -0.466 e. The first-order valence-electron chi connectivity index (χ1n) is 21.1. The van der Waals surface area contributed by atoms with Gasteiger partial charge in [-0.15, -0.1) is 0 Å². The Hall–Kier alpha value is -2.72. The molecule has 0 aromatic carbocycles. The Kier molecular flexibility index (Phi) is 57.0. The molecule has 0 spiro atoms. The fourth-order valence-electron chi connectivity index (χ4n) is 4.42. The van der Waals surface area contributed by atoms with Crippen molar-refractivity contribution in [3.8, 4) is 0 Å². The number of esters is 2. The van der Waals surface area contributed by atoms with Crippen LogP contribution in [0, 0.1) is 0 Å². The van der Waals surface area contributed by atoms with Crippen LogP contribution in [0.2, 0.25) is 0 Å². The largest absolute Gasteiger partial charge is 0.508 e. The maximum Gasteiger partial charge on any atom is 0.508 e. The van der Waals surface area contributed by atoms with Gasteiger partial charge in [-0.05, 0) is 97.3 Å². The monoisotopic (exact) mass is 829 g/mol. The van der Waals surface area contributed by atoms with Crippen molar-refractivity contribution >= 4 is 24.2 Å². The van der Waals surface area contributed by atoms with Crippen LogP contribution in [0.25, 0.3) is 0 Å². The Morgan fingerprint density at radius 2 is 0.860 bits per heavy atom. The molecule has 0 aliphatic rings. The van der Waals surface area contributed by atoms with Crippen LogP contribution in [0.1, 0.15) is 164 Å². The molecule has 342 valence electrons. The molecule has 0 radical (unpaired) electrons. The molecule has 3 N–H and O–H groups in total. The SMILES string of the molecule is C.CC(O)COCCO.CCCCCCOC(=O)OCCCCCCOCCCCCOC(=O)OCCCCCCO.CCCOC(=O)CCCCC(=O)OCC. The summed E-state index contributed by atoms with van der Waals surface area (Å²) in [5, 5.41) is 25.4. The zero-order valence-corrected chi connectivity index (χ0v) is 35.4. The molecule has 57 heavy (non-hydrogen) atoms. The predicted octanol–water partition coefficient (Wildman–Crippen LogP) is 8.25. The van der Waals surface area contributed by atoms with Crippen LogP contribution in [0.15, 0.2) is 0 Å². The van der Waals surface area contributed by atoms with E-state index in [0.717, 1.165) is 96.5 Å². The van der Waals surface area contributed by atoms with Crippen molar-refractivity contribution < 1.29 is 72.4 Å². The number of aliphatic hydroxyl groups is 3. The molecule has 0 aromatic heterocycles. The van der Waals surface area contributed by atoms with E-state index in [2.05, 4.69) is 6.92 Å². The molecule has 0 saturated carbocycles. The Morgan fingerprint density at radius 1 is 0.439 bits per heavy atom. The summed E-state index contributed by atoms with van der Waals surface area (Å²) in [5.41, 5.74) is 0. The van der Waals surface area contributed by atoms with Gasteiger partial charge in [-0.3, -0.25) is 9.59 Å². The predicted molar refractivity (Wildman–Crippen MR) is 220 cm³/mol. The van der Waals surface area contributed by atoms with Gasteiger partial charge in [0.2, 0.25) is 0 Å². The van der Waals surface area contributed by atoms with Gasteiger partial charge in [0.25, 0.3) is 0 Å². The standard InChI is InChI=1S/C25H48O8.C11H20O4.C5H12O3.CH4/c1-2-3-4-13-20-30-24(27)32-22-15-8-7-11-18-29-19-12-9-16-23-33-25(28)31-21-14-6-5-10-17-26;1-3-9-15-11(13)8-6-5-7-10(12)14-4-2;1-5(7)4-8-3-2-6;/h26H,2-23H2,1H3;3-9H2,1-2H3;5-7H,2-4H2,1H3;1H4. The molecule has 1 unspecified atom stereocenters. The topological polar surface area (TPSA) is 203 Å². The van der Waals surface area contributed by atoms with E-state index >= 15 is 0 Å². The van der Waals surface area contributed by atoms with E-state index in [-0.39, 0.29) is 32.6 Å². The second-order valence-corrected chi connectivity index (χ2v) is 13.1. The van der Waals surface area contributed by atoms with Crippen LogP contribution in [0.3, 0.4) is 0 Å². The van der Waals surface area contributed by atoms with Crippen LogP contribution in [-0.2, 0) is 47.5 Å². The first-order chi connectivity index (χ1) is 27.2. The Morgan fingerprint density at radius 3 is 1.26 bits per heavy atom. The van der Waals surface area contributed by atoms with Crippen LogP contribution >= 0.6 is 0 Å². The molecule has 0 aromatic rings. The summed E-state index contributed by atoms with van der Waals surface area (Å²) in [7, 11) is 0. The summed E-state index contributed by atoms with van der Waals surface area (Å²) >= 11 is 0. The second-order valence-electron chi connectivity index (χ2n) is 13.1. The molecular weight excluding hydrogens is 744 g/mol. The summed E-state index contributed by atoms with van der Waals surface area (Å²) < 4.78 is 40.1. The fourth-order valence-corrected chi connectivity index (χ4v) is 4.42. The Labute approximate surface area is 345 Å². The van der Waals surface area contributed by atoms with Gasteiger partial charge < -0.3 is 53.2 Å². The number of carbonyl (C=O) groups excluding carboxylic acids is 4. The lowest BCUT2D eigenvalue weighted by Gasteiger charge is -2.07. The first kappa shape index (κ1) is 61.0. The average Bonchev–Trinajstić information content (AvgIpc) is 3.17. The highest BCUT2D eigenvalue weighted by Crippen LogP contribution is 2.06. The molecule has 0 aliphatic carbocycles. The van der Waals surface area contributed by atoms with E-state index in [1.807, 2.05) is 6.92 Å². The van der Waals surface area contributed by atoms with Crippen molar-refractivity contribution in [2.24, 2.45) is 0 Å². The van der Waals surface area contributed by atoms with Gasteiger partial charge >= 0.3 is 24.2 Å². The summed E-state index contributed by atoms with van der Waals surface area (Å²) in [5.74, 6) is -0.375. The normalized spacial score (nSPS) is 10.7. The van der Waals surface area contributed by atoms with Crippen LogP contribution in [0.5, 0.6) is 0 Å². The van der Waals surface area contributed by atoms with Gasteiger partial charge in [-0.25, -0.2) is 9.59 Å². The molecular formula is C42H84O15. The van der Waals surface area contributed by atoms with E-state index in [0.29, 0.717) is 85.1 Å². The van der Waals surface area contributed by atoms with E-state index in [9.17, 15) is 19.2 Å². The van der Waals surface area contributed by atoms with Gasteiger partial charge in [-0.1, -0.05) is 53.4 Å². The van der Waals surface area contributed by atoms with Gasteiger partial charge in [-0.2, -0.15) is 0 Å². The molecule has 0 heterocycles. The average molecular weight is 829 g/mol. The third-order valence-corrected chi connectivity index (χ3v) is 7.42. The highest BCUT2D eigenvalue weighted by molar-refractivity contribution is 5.70. The third kappa shape index (κ3) is 60.1. The van der Waals surface area contributed by atoms with Crippen molar-refractivity contribution in [3.63, 3.8) is 0 Å². The number of ether oxygens (including phenoxy) is 8. The van der Waals surface area contributed by atoms with Crippen LogP contribution < -0.4 is 0 Å². The molecule has 0 rings (SSSR count). The highest BCUT2D eigenvalue weighted by Gasteiger charge is 2.06. The third-order valence-electron chi connectivity index (χ3n) is 7.42. The Bertz CT molecular complexity index is 842. The minimum atomic E-state index is -0.599.